The highest BCUT2D eigenvalue weighted by Gasteiger charge is 2.26. The quantitative estimate of drug-likeness (QED) is 0.789. The first-order valence-electron chi connectivity index (χ1n) is 5.34. The van der Waals surface area contributed by atoms with Crippen LogP contribution in [-0.2, 0) is 6.42 Å². The fraction of sp³-hybridized carbons (Fsp3) is 0.545. The summed E-state index contributed by atoms with van der Waals surface area (Å²) >= 11 is 0. The summed E-state index contributed by atoms with van der Waals surface area (Å²) in [5.74, 6) is 1.24. The van der Waals surface area contributed by atoms with Crippen LogP contribution < -0.4 is 5.73 Å². The molecule has 2 rings (SSSR count). The van der Waals surface area contributed by atoms with E-state index in [1.54, 1.807) is 11.0 Å². The Balaban J connectivity index is 2.07. The molecule has 1 aliphatic heterocycles. The van der Waals surface area contributed by atoms with Gasteiger partial charge in [0.25, 0.3) is 5.91 Å². The molecule has 0 spiro atoms. The highest BCUT2D eigenvalue weighted by molar-refractivity contribution is 5.91. The van der Waals surface area contributed by atoms with Gasteiger partial charge in [0.05, 0.1) is 0 Å². The largest absolute Gasteiger partial charge is 0.456 e. The fourth-order valence-electron chi connectivity index (χ4n) is 1.81. The van der Waals surface area contributed by atoms with Crippen LogP contribution >= 0.6 is 0 Å². The van der Waals surface area contributed by atoms with Gasteiger partial charge in [-0.3, -0.25) is 4.79 Å². The molecule has 1 amide bonds. The maximum Gasteiger partial charge on any atom is 0.289 e. The van der Waals surface area contributed by atoms with Crippen molar-refractivity contribution in [3.8, 4) is 0 Å². The smallest absolute Gasteiger partial charge is 0.289 e. The van der Waals surface area contributed by atoms with E-state index in [0.717, 1.165) is 25.1 Å². The average Bonchev–Trinajstić information content (AvgIpc) is 2.84. The third kappa shape index (κ3) is 2.04. The fourth-order valence-corrected chi connectivity index (χ4v) is 1.81. The number of likely N-dealkylation sites (tertiary alicyclic amines) is 1. The molecule has 4 nitrogen and oxygen atoms in total. The van der Waals surface area contributed by atoms with E-state index in [1.165, 1.54) is 0 Å². The number of amides is 1. The highest BCUT2D eigenvalue weighted by Crippen LogP contribution is 2.15. The summed E-state index contributed by atoms with van der Waals surface area (Å²) in [4.78, 5) is 13.7. The molecule has 1 aromatic heterocycles. The van der Waals surface area contributed by atoms with Crippen LogP contribution in [0.25, 0.3) is 0 Å². The minimum atomic E-state index is -0.0392. The van der Waals surface area contributed by atoms with Crippen molar-refractivity contribution in [2.45, 2.75) is 25.8 Å². The lowest BCUT2D eigenvalue weighted by Crippen LogP contribution is -2.31. The van der Waals surface area contributed by atoms with Crippen LogP contribution in [0.4, 0.5) is 0 Å². The van der Waals surface area contributed by atoms with Gasteiger partial charge >= 0.3 is 0 Å². The van der Waals surface area contributed by atoms with Gasteiger partial charge in [-0.25, -0.2) is 0 Å². The van der Waals surface area contributed by atoms with Gasteiger partial charge < -0.3 is 15.1 Å². The Kier molecular flexibility index (Phi) is 2.77. The third-order valence-corrected chi connectivity index (χ3v) is 2.73. The van der Waals surface area contributed by atoms with E-state index < -0.39 is 0 Å². The molecule has 1 aliphatic rings. The minimum absolute atomic E-state index is 0.0392. The van der Waals surface area contributed by atoms with Crippen LogP contribution in [0.3, 0.4) is 0 Å². The Hall–Kier alpha value is -1.29. The molecule has 15 heavy (non-hydrogen) atoms. The van der Waals surface area contributed by atoms with Gasteiger partial charge in [-0.15, -0.1) is 0 Å². The molecule has 0 saturated carbocycles. The average molecular weight is 208 g/mol. The molecule has 0 bridgehead atoms. The van der Waals surface area contributed by atoms with E-state index in [4.69, 9.17) is 10.2 Å². The molecule has 0 unspecified atom stereocenters. The molecule has 0 aliphatic carbocycles. The summed E-state index contributed by atoms with van der Waals surface area (Å²) < 4.78 is 5.41. The van der Waals surface area contributed by atoms with Crippen molar-refractivity contribution in [3.63, 3.8) is 0 Å². The summed E-state index contributed by atoms with van der Waals surface area (Å²) in [5, 5.41) is 0. The minimum Gasteiger partial charge on any atom is -0.456 e. The zero-order chi connectivity index (χ0) is 10.8. The lowest BCUT2D eigenvalue weighted by molar-refractivity contribution is 0.0757. The van der Waals surface area contributed by atoms with Crippen molar-refractivity contribution in [1.29, 1.82) is 0 Å². The van der Waals surface area contributed by atoms with E-state index >= 15 is 0 Å². The number of nitrogens with zero attached hydrogens (tertiary/aromatic N) is 1. The van der Waals surface area contributed by atoms with Crippen molar-refractivity contribution >= 4 is 5.91 Å². The van der Waals surface area contributed by atoms with Crippen LogP contribution in [0.1, 0.15) is 29.7 Å². The molecule has 1 saturated heterocycles. The van der Waals surface area contributed by atoms with Crippen LogP contribution in [0.15, 0.2) is 16.5 Å². The second-order valence-electron chi connectivity index (χ2n) is 3.92. The second-order valence-corrected chi connectivity index (χ2v) is 3.92. The first-order chi connectivity index (χ1) is 7.20. The standard InChI is InChI=1S/C11H16N2O2/c1-2-9-3-4-10(15-9)11(14)13-6-5-8(12)7-13/h3-4,8H,2,5-7,12H2,1H3/t8-/m0/s1. The molecule has 82 valence electrons. The Morgan fingerprint density at radius 1 is 1.67 bits per heavy atom. The van der Waals surface area contributed by atoms with E-state index in [2.05, 4.69) is 0 Å². The molecule has 1 fully saturated rings. The van der Waals surface area contributed by atoms with Crippen molar-refractivity contribution < 1.29 is 9.21 Å². The molecule has 0 aromatic carbocycles. The Morgan fingerprint density at radius 2 is 2.47 bits per heavy atom. The van der Waals surface area contributed by atoms with Crippen molar-refractivity contribution in [1.82, 2.24) is 4.90 Å². The van der Waals surface area contributed by atoms with Crippen molar-refractivity contribution in [2.75, 3.05) is 13.1 Å². The first-order valence-corrected chi connectivity index (χ1v) is 5.34. The van der Waals surface area contributed by atoms with Gasteiger partial charge in [-0.05, 0) is 18.6 Å². The second kappa shape index (κ2) is 4.06. The zero-order valence-electron chi connectivity index (χ0n) is 8.90. The van der Waals surface area contributed by atoms with Gasteiger partial charge in [0.2, 0.25) is 0 Å². The molecule has 4 heteroatoms. The van der Waals surface area contributed by atoms with Crippen LogP contribution in [0.5, 0.6) is 0 Å². The first kappa shape index (κ1) is 10.2. The summed E-state index contributed by atoms with van der Waals surface area (Å²) in [6, 6.07) is 3.71. The maximum absolute atomic E-state index is 11.9. The molecule has 2 heterocycles. The van der Waals surface area contributed by atoms with E-state index in [1.807, 2.05) is 13.0 Å². The topological polar surface area (TPSA) is 59.5 Å². The number of rotatable bonds is 2. The van der Waals surface area contributed by atoms with Gasteiger partial charge in [-0.1, -0.05) is 6.92 Å². The Labute approximate surface area is 89.0 Å². The molecule has 1 aromatic rings. The number of hydrogen-bond donors (Lipinski definition) is 1. The monoisotopic (exact) mass is 208 g/mol. The molecular formula is C11H16N2O2. The van der Waals surface area contributed by atoms with Crippen molar-refractivity contribution in [3.05, 3.63) is 23.7 Å². The number of aryl methyl sites for hydroxylation is 1. The maximum atomic E-state index is 11.9. The lowest BCUT2D eigenvalue weighted by atomic mass is 10.3. The number of hydrogen-bond acceptors (Lipinski definition) is 3. The van der Waals surface area contributed by atoms with E-state index in [0.29, 0.717) is 12.3 Å². The summed E-state index contributed by atoms with van der Waals surface area (Å²) in [5.41, 5.74) is 5.75. The normalized spacial score (nSPS) is 20.9. The number of nitrogens with two attached hydrogens (primary N) is 1. The summed E-state index contributed by atoms with van der Waals surface area (Å²) in [6.45, 7) is 3.38. The molecule has 0 radical (unpaired) electrons. The van der Waals surface area contributed by atoms with Crippen LogP contribution in [-0.4, -0.2) is 29.9 Å². The lowest BCUT2D eigenvalue weighted by Gasteiger charge is -2.13. The number of carbonyl (C=O) groups excluding carboxylic acids is 1. The predicted molar refractivity (Wildman–Crippen MR) is 56.6 cm³/mol. The summed E-state index contributed by atoms with van der Waals surface area (Å²) in [6.07, 6.45) is 1.69. The predicted octanol–water partition coefficient (Wildman–Crippen LogP) is 1.02. The van der Waals surface area contributed by atoms with Crippen LogP contribution in [0.2, 0.25) is 0 Å². The number of furan rings is 1. The molecule has 2 N–H and O–H groups in total. The zero-order valence-corrected chi connectivity index (χ0v) is 8.90. The molecular weight excluding hydrogens is 192 g/mol. The van der Waals surface area contributed by atoms with E-state index in [9.17, 15) is 4.79 Å². The Bertz CT molecular complexity index is 359. The van der Waals surface area contributed by atoms with Crippen LogP contribution in [0, 0.1) is 0 Å². The Morgan fingerprint density at radius 3 is 3.00 bits per heavy atom. The molecule has 1 atom stereocenters. The summed E-state index contributed by atoms with van der Waals surface area (Å²) in [7, 11) is 0. The van der Waals surface area contributed by atoms with Gasteiger partial charge in [0.1, 0.15) is 5.76 Å². The van der Waals surface area contributed by atoms with Gasteiger partial charge in [0, 0.05) is 25.6 Å². The van der Waals surface area contributed by atoms with E-state index in [-0.39, 0.29) is 11.9 Å². The third-order valence-electron chi connectivity index (χ3n) is 2.73. The van der Waals surface area contributed by atoms with Gasteiger partial charge in [-0.2, -0.15) is 0 Å². The SMILES string of the molecule is CCc1ccc(C(=O)N2CC[C@H](N)C2)o1. The number of carbonyl (C=O) groups is 1. The van der Waals surface area contributed by atoms with Gasteiger partial charge in [0.15, 0.2) is 5.76 Å². The highest BCUT2D eigenvalue weighted by atomic mass is 16.4. The van der Waals surface area contributed by atoms with Crippen molar-refractivity contribution in [2.24, 2.45) is 5.73 Å².